The molecule has 0 aromatic heterocycles. The summed E-state index contributed by atoms with van der Waals surface area (Å²) < 4.78 is 0. The van der Waals surface area contributed by atoms with E-state index in [1.54, 1.807) is 0 Å². The third kappa shape index (κ3) is 2.49. The maximum atomic E-state index is 10.4. The Balaban J connectivity index is 1.77. The lowest BCUT2D eigenvalue weighted by Gasteiger charge is -2.39. The first kappa shape index (κ1) is 12.9. The predicted octanol–water partition coefficient (Wildman–Crippen LogP) is 2.20. The van der Waals surface area contributed by atoms with Crippen LogP contribution in [0.25, 0.3) is 0 Å². The summed E-state index contributed by atoms with van der Waals surface area (Å²) in [6, 6.07) is 9.01. The van der Waals surface area contributed by atoms with Crippen LogP contribution in [0, 0.1) is 0 Å². The van der Waals surface area contributed by atoms with Crippen LogP contribution in [0.5, 0.6) is 0 Å². The highest BCUT2D eigenvalue weighted by Gasteiger charge is 2.44. The fourth-order valence-electron chi connectivity index (χ4n) is 3.01. The number of nitrogens with zero attached hydrogens (tertiary/aromatic N) is 2. The molecule has 104 valence electrons. The molecule has 0 amide bonds. The van der Waals surface area contributed by atoms with E-state index in [0.717, 1.165) is 44.6 Å². The van der Waals surface area contributed by atoms with Crippen LogP contribution in [0.15, 0.2) is 24.3 Å². The van der Waals surface area contributed by atoms with Crippen LogP contribution in [-0.4, -0.2) is 42.2 Å². The van der Waals surface area contributed by atoms with Gasteiger partial charge >= 0.3 is 0 Å². The number of piperazine rings is 1. The van der Waals surface area contributed by atoms with Crippen molar-refractivity contribution in [3.8, 4) is 0 Å². The molecule has 0 unspecified atom stereocenters. The van der Waals surface area contributed by atoms with Crippen molar-refractivity contribution >= 4 is 5.69 Å². The minimum atomic E-state index is -0.536. The van der Waals surface area contributed by atoms with Gasteiger partial charge in [-0.15, -0.1) is 0 Å². The van der Waals surface area contributed by atoms with Gasteiger partial charge in [0.25, 0.3) is 0 Å². The van der Waals surface area contributed by atoms with Gasteiger partial charge in [0.2, 0.25) is 0 Å². The number of hydrogen-bond donors (Lipinski definition) is 1. The van der Waals surface area contributed by atoms with Crippen LogP contribution in [0.1, 0.15) is 32.3 Å². The average molecular weight is 260 g/mol. The second kappa shape index (κ2) is 4.80. The van der Waals surface area contributed by atoms with Gasteiger partial charge in [0.15, 0.2) is 0 Å². The van der Waals surface area contributed by atoms with Crippen molar-refractivity contribution in [2.75, 3.05) is 31.1 Å². The summed E-state index contributed by atoms with van der Waals surface area (Å²) in [6.45, 7) is 8.87. The summed E-state index contributed by atoms with van der Waals surface area (Å²) in [5.41, 5.74) is 1.84. The summed E-state index contributed by atoms with van der Waals surface area (Å²) in [7, 11) is 0. The highest BCUT2D eigenvalue weighted by atomic mass is 16.3. The Morgan fingerprint density at radius 3 is 2.26 bits per heavy atom. The number of anilines is 1. The maximum absolute atomic E-state index is 10.4. The zero-order valence-corrected chi connectivity index (χ0v) is 12.0. The third-order valence-corrected chi connectivity index (χ3v) is 4.51. The van der Waals surface area contributed by atoms with Gasteiger partial charge in [0.05, 0.1) is 5.60 Å². The first-order chi connectivity index (χ1) is 9.10. The molecular weight excluding hydrogens is 236 g/mol. The van der Waals surface area contributed by atoms with Gasteiger partial charge in [-0.05, 0) is 32.8 Å². The van der Waals surface area contributed by atoms with Crippen LogP contribution in [0.2, 0.25) is 0 Å². The van der Waals surface area contributed by atoms with E-state index < -0.39 is 5.60 Å². The van der Waals surface area contributed by atoms with Crippen molar-refractivity contribution in [1.82, 2.24) is 4.90 Å². The van der Waals surface area contributed by atoms with Crippen molar-refractivity contribution in [3.63, 3.8) is 0 Å². The molecule has 1 N–H and O–H groups in total. The molecule has 1 aromatic rings. The van der Waals surface area contributed by atoms with E-state index in [0.29, 0.717) is 6.04 Å². The molecule has 1 saturated heterocycles. The third-order valence-electron chi connectivity index (χ3n) is 4.51. The second-order valence-corrected chi connectivity index (χ2v) is 6.17. The van der Waals surface area contributed by atoms with Gasteiger partial charge in [0, 0.05) is 43.5 Å². The maximum Gasteiger partial charge on any atom is 0.0918 e. The molecule has 1 aliphatic heterocycles. The lowest BCUT2D eigenvalue weighted by Crippen LogP contribution is -2.49. The molecule has 2 fully saturated rings. The molecule has 2 aliphatic rings. The number of para-hydroxylation sites is 1. The highest BCUT2D eigenvalue weighted by Crippen LogP contribution is 2.48. The van der Waals surface area contributed by atoms with Crippen LogP contribution in [-0.2, 0) is 5.60 Å². The Kier molecular flexibility index (Phi) is 3.27. The van der Waals surface area contributed by atoms with E-state index in [1.165, 1.54) is 5.69 Å². The van der Waals surface area contributed by atoms with Crippen LogP contribution in [0.4, 0.5) is 5.69 Å². The van der Waals surface area contributed by atoms with E-state index in [-0.39, 0.29) is 0 Å². The molecule has 1 aliphatic carbocycles. The fourth-order valence-corrected chi connectivity index (χ4v) is 3.01. The van der Waals surface area contributed by atoms with E-state index >= 15 is 0 Å². The Morgan fingerprint density at radius 1 is 1.05 bits per heavy atom. The molecule has 1 aromatic carbocycles. The van der Waals surface area contributed by atoms with Crippen molar-refractivity contribution in [2.24, 2.45) is 0 Å². The largest absolute Gasteiger partial charge is 0.385 e. The monoisotopic (exact) mass is 260 g/mol. The highest BCUT2D eigenvalue weighted by molar-refractivity contribution is 5.57. The number of aliphatic hydroxyl groups is 1. The first-order valence-electron chi connectivity index (χ1n) is 7.41. The molecule has 0 atom stereocenters. The Hall–Kier alpha value is -1.06. The van der Waals surface area contributed by atoms with Gasteiger partial charge in [0.1, 0.15) is 0 Å². The molecule has 0 spiro atoms. The molecule has 3 rings (SSSR count). The van der Waals surface area contributed by atoms with Crippen molar-refractivity contribution in [2.45, 2.75) is 38.3 Å². The molecule has 3 heteroatoms. The predicted molar refractivity (Wildman–Crippen MR) is 78.5 cm³/mol. The molecular formula is C16H24N2O. The number of hydrogen-bond acceptors (Lipinski definition) is 3. The van der Waals surface area contributed by atoms with E-state index in [2.05, 4.69) is 41.8 Å². The first-order valence-corrected chi connectivity index (χ1v) is 7.41. The fraction of sp³-hybridized carbons (Fsp3) is 0.625. The van der Waals surface area contributed by atoms with Crippen molar-refractivity contribution in [3.05, 3.63) is 29.8 Å². The molecule has 3 nitrogen and oxygen atoms in total. The van der Waals surface area contributed by atoms with Gasteiger partial charge in [-0.25, -0.2) is 0 Å². The minimum Gasteiger partial charge on any atom is -0.385 e. The van der Waals surface area contributed by atoms with E-state index in [1.807, 2.05) is 6.07 Å². The van der Waals surface area contributed by atoms with Crippen LogP contribution < -0.4 is 4.90 Å². The van der Waals surface area contributed by atoms with E-state index in [4.69, 9.17) is 0 Å². The Labute approximate surface area is 115 Å². The van der Waals surface area contributed by atoms with Gasteiger partial charge in [-0.1, -0.05) is 18.2 Å². The zero-order chi connectivity index (χ0) is 13.5. The molecule has 0 bridgehead atoms. The quantitative estimate of drug-likeness (QED) is 0.902. The summed E-state index contributed by atoms with van der Waals surface area (Å²) in [5, 5.41) is 10.4. The van der Waals surface area contributed by atoms with Crippen molar-refractivity contribution < 1.29 is 5.11 Å². The summed E-state index contributed by atoms with van der Waals surface area (Å²) in [4.78, 5) is 4.95. The zero-order valence-electron chi connectivity index (χ0n) is 12.0. The van der Waals surface area contributed by atoms with Crippen LogP contribution in [0.3, 0.4) is 0 Å². The SMILES string of the molecule is CC(C)N1CCN(c2ccccc2C2(O)CC2)CC1. The second-order valence-electron chi connectivity index (χ2n) is 6.17. The lowest BCUT2D eigenvalue weighted by molar-refractivity contribution is 0.151. The lowest BCUT2D eigenvalue weighted by atomic mass is 10.0. The minimum absolute atomic E-state index is 0.536. The molecule has 0 radical (unpaired) electrons. The number of benzene rings is 1. The summed E-state index contributed by atoms with van der Waals surface area (Å²) >= 11 is 0. The van der Waals surface area contributed by atoms with Gasteiger partial charge in [-0.3, -0.25) is 4.90 Å². The number of rotatable bonds is 3. The molecule has 1 heterocycles. The summed E-state index contributed by atoms with van der Waals surface area (Å²) in [5.74, 6) is 0. The smallest absolute Gasteiger partial charge is 0.0918 e. The van der Waals surface area contributed by atoms with Crippen LogP contribution >= 0.6 is 0 Å². The van der Waals surface area contributed by atoms with Gasteiger partial charge in [-0.2, -0.15) is 0 Å². The van der Waals surface area contributed by atoms with E-state index in [9.17, 15) is 5.11 Å². The van der Waals surface area contributed by atoms with Crippen molar-refractivity contribution in [1.29, 1.82) is 0 Å². The topological polar surface area (TPSA) is 26.7 Å². The Morgan fingerprint density at radius 2 is 1.68 bits per heavy atom. The Bertz CT molecular complexity index is 446. The molecule has 1 saturated carbocycles. The normalized spacial score (nSPS) is 22.8. The molecule has 19 heavy (non-hydrogen) atoms. The average Bonchev–Trinajstić information content (AvgIpc) is 3.18. The standard InChI is InChI=1S/C16H24N2O/c1-13(2)17-9-11-18(12-10-17)15-6-4-3-5-14(15)16(19)7-8-16/h3-6,13,19H,7-12H2,1-2H3. The van der Waals surface area contributed by atoms with Gasteiger partial charge < -0.3 is 10.0 Å². The summed E-state index contributed by atoms with van der Waals surface area (Å²) in [6.07, 6.45) is 1.83.